The number of aliphatic carboxylic acids is 1. The van der Waals surface area contributed by atoms with E-state index in [-0.39, 0.29) is 15.9 Å². The fourth-order valence-corrected chi connectivity index (χ4v) is 4.81. The van der Waals surface area contributed by atoms with Crippen LogP contribution in [0.15, 0.2) is 48.5 Å². The number of likely N-dealkylation sites (N-methyl/N-ethyl adjacent to an activating group) is 1. The molecule has 1 aliphatic rings. The predicted octanol–water partition coefficient (Wildman–Crippen LogP) is 5.55. The van der Waals surface area contributed by atoms with Crippen molar-refractivity contribution in [2.45, 2.75) is 19.5 Å². The van der Waals surface area contributed by atoms with Crippen LogP contribution in [0.25, 0.3) is 11.1 Å². The van der Waals surface area contributed by atoms with Crippen LogP contribution in [-0.2, 0) is 11.3 Å². The molecule has 184 valence electrons. The summed E-state index contributed by atoms with van der Waals surface area (Å²) >= 11 is 19.2. The lowest BCUT2D eigenvalue weighted by Crippen LogP contribution is -2.56. The SMILES string of the molecule is CCN1CCN(c2nc(Oc3cc(Cl)cc(-c4cccc(CN)c4)c3)c(Cl)cc2Cl)C(C(=O)O)C1. The van der Waals surface area contributed by atoms with Gasteiger partial charge in [0.25, 0.3) is 0 Å². The topological polar surface area (TPSA) is 91.9 Å². The summed E-state index contributed by atoms with van der Waals surface area (Å²) in [7, 11) is 0. The van der Waals surface area contributed by atoms with E-state index in [0.29, 0.717) is 42.8 Å². The first-order chi connectivity index (χ1) is 16.8. The van der Waals surface area contributed by atoms with Crippen LogP contribution in [0.2, 0.25) is 15.1 Å². The minimum absolute atomic E-state index is 0.108. The lowest BCUT2D eigenvalue weighted by Gasteiger charge is -2.39. The van der Waals surface area contributed by atoms with Crippen molar-refractivity contribution in [3.63, 3.8) is 0 Å². The Labute approximate surface area is 219 Å². The average Bonchev–Trinajstić information content (AvgIpc) is 2.85. The summed E-state index contributed by atoms with van der Waals surface area (Å²) in [5, 5.41) is 10.7. The van der Waals surface area contributed by atoms with Gasteiger partial charge in [0.15, 0.2) is 5.82 Å². The number of hydrogen-bond acceptors (Lipinski definition) is 6. The van der Waals surface area contributed by atoms with Crippen molar-refractivity contribution in [3.8, 4) is 22.8 Å². The van der Waals surface area contributed by atoms with E-state index in [1.807, 2.05) is 43.3 Å². The second kappa shape index (κ2) is 11.0. The number of pyridine rings is 1. The molecule has 0 radical (unpaired) electrons. The van der Waals surface area contributed by atoms with E-state index in [9.17, 15) is 9.90 Å². The number of aromatic nitrogens is 1. The highest BCUT2D eigenvalue weighted by Crippen LogP contribution is 2.38. The Balaban J connectivity index is 1.67. The zero-order valence-electron chi connectivity index (χ0n) is 19.0. The van der Waals surface area contributed by atoms with Gasteiger partial charge in [-0.15, -0.1) is 0 Å². The molecule has 0 bridgehead atoms. The van der Waals surface area contributed by atoms with Crippen LogP contribution >= 0.6 is 34.8 Å². The van der Waals surface area contributed by atoms with Gasteiger partial charge < -0.3 is 20.5 Å². The number of rotatable bonds is 7. The number of nitrogens with two attached hydrogens (primary N) is 1. The summed E-state index contributed by atoms with van der Waals surface area (Å²) in [4.78, 5) is 20.3. The molecule has 2 heterocycles. The van der Waals surface area contributed by atoms with Crippen molar-refractivity contribution in [2.75, 3.05) is 31.1 Å². The number of carboxylic acids is 1. The fourth-order valence-electron chi connectivity index (χ4n) is 4.08. The lowest BCUT2D eigenvalue weighted by atomic mass is 10.0. The largest absolute Gasteiger partial charge is 0.480 e. The van der Waals surface area contributed by atoms with Crippen molar-refractivity contribution in [1.82, 2.24) is 9.88 Å². The van der Waals surface area contributed by atoms with Gasteiger partial charge in [-0.3, -0.25) is 4.90 Å². The number of ether oxygens (including phenoxy) is 1. The summed E-state index contributed by atoms with van der Waals surface area (Å²) in [6.45, 7) is 4.70. The number of carbonyl (C=O) groups is 1. The van der Waals surface area contributed by atoms with E-state index >= 15 is 0 Å². The maximum absolute atomic E-state index is 12.0. The van der Waals surface area contributed by atoms with Crippen LogP contribution < -0.4 is 15.4 Å². The molecule has 1 atom stereocenters. The number of hydrogen-bond donors (Lipinski definition) is 2. The quantitative estimate of drug-likeness (QED) is 0.409. The molecule has 3 N–H and O–H groups in total. The van der Waals surface area contributed by atoms with Gasteiger partial charge in [-0.05, 0) is 53.6 Å². The fraction of sp³-hybridized carbons (Fsp3) is 0.280. The molecule has 3 aromatic rings. The normalized spacial score (nSPS) is 16.4. The first-order valence-electron chi connectivity index (χ1n) is 11.1. The van der Waals surface area contributed by atoms with E-state index in [4.69, 9.17) is 45.3 Å². The molecule has 1 aromatic heterocycles. The van der Waals surface area contributed by atoms with Gasteiger partial charge in [0.1, 0.15) is 16.8 Å². The van der Waals surface area contributed by atoms with Crippen LogP contribution in [0.5, 0.6) is 11.6 Å². The minimum atomic E-state index is -0.947. The Bertz CT molecular complexity index is 1240. The van der Waals surface area contributed by atoms with E-state index in [1.165, 1.54) is 6.07 Å². The molecule has 4 rings (SSSR count). The average molecular weight is 536 g/mol. The van der Waals surface area contributed by atoms with Crippen molar-refractivity contribution in [2.24, 2.45) is 5.73 Å². The molecule has 2 aromatic carbocycles. The van der Waals surface area contributed by atoms with Gasteiger partial charge in [0.2, 0.25) is 5.88 Å². The van der Waals surface area contributed by atoms with Crippen LogP contribution in [0.1, 0.15) is 12.5 Å². The van der Waals surface area contributed by atoms with Crippen LogP contribution in [0, 0.1) is 0 Å². The maximum atomic E-state index is 12.0. The molecule has 10 heteroatoms. The Morgan fingerprint density at radius 1 is 1.11 bits per heavy atom. The standard InChI is InChI=1S/C25H25Cl3N4O3/c1-2-31-6-7-32(22(14-31)25(33)34)23-20(27)12-21(28)24(30-23)35-19-10-17(9-18(26)11-19)16-5-3-4-15(8-16)13-29/h3-5,8-12,22H,2,6-7,13-14,29H2,1H3,(H,33,34). The number of anilines is 1. The van der Waals surface area contributed by atoms with E-state index in [2.05, 4.69) is 9.88 Å². The predicted molar refractivity (Wildman–Crippen MR) is 140 cm³/mol. The molecule has 1 unspecified atom stereocenters. The summed E-state index contributed by atoms with van der Waals surface area (Å²) in [6, 6.07) is 13.9. The monoisotopic (exact) mass is 534 g/mol. The number of carboxylic acid groups (broad SMARTS) is 1. The molecule has 0 spiro atoms. The zero-order chi connectivity index (χ0) is 25.1. The molecule has 0 aliphatic carbocycles. The highest BCUT2D eigenvalue weighted by Gasteiger charge is 2.34. The second-order valence-electron chi connectivity index (χ2n) is 8.20. The molecule has 35 heavy (non-hydrogen) atoms. The Morgan fingerprint density at radius 2 is 1.91 bits per heavy atom. The van der Waals surface area contributed by atoms with Crippen LogP contribution in [0.3, 0.4) is 0 Å². The number of halogens is 3. The number of nitrogens with zero attached hydrogens (tertiary/aromatic N) is 3. The maximum Gasteiger partial charge on any atom is 0.327 e. The smallest absolute Gasteiger partial charge is 0.327 e. The molecular formula is C25H25Cl3N4O3. The third-order valence-electron chi connectivity index (χ3n) is 5.93. The summed E-state index contributed by atoms with van der Waals surface area (Å²) in [5.41, 5.74) is 8.55. The summed E-state index contributed by atoms with van der Waals surface area (Å²) in [6.07, 6.45) is 0. The van der Waals surface area contributed by atoms with Crippen LogP contribution in [0.4, 0.5) is 5.82 Å². The van der Waals surface area contributed by atoms with Gasteiger partial charge >= 0.3 is 5.97 Å². The molecule has 0 amide bonds. The number of benzene rings is 2. The third kappa shape index (κ3) is 5.82. The van der Waals surface area contributed by atoms with Crippen molar-refractivity contribution in [3.05, 3.63) is 69.2 Å². The molecule has 1 aliphatic heterocycles. The molecular weight excluding hydrogens is 511 g/mol. The van der Waals surface area contributed by atoms with Crippen molar-refractivity contribution in [1.29, 1.82) is 0 Å². The second-order valence-corrected chi connectivity index (χ2v) is 9.45. The number of piperazine rings is 1. The first-order valence-corrected chi connectivity index (χ1v) is 12.3. The van der Waals surface area contributed by atoms with Crippen LogP contribution in [-0.4, -0.2) is 53.2 Å². The minimum Gasteiger partial charge on any atom is -0.480 e. The zero-order valence-corrected chi connectivity index (χ0v) is 21.3. The van der Waals surface area contributed by atoms with E-state index in [0.717, 1.165) is 23.2 Å². The molecule has 1 saturated heterocycles. The van der Waals surface area contributed by atoms with E-state index < -0.39 is 12.0 Å². The Kier molecular flexibility index (Phi) is 8.04. The third-order valence-corrected chi connectivity index (χ3v) is 6.70. The van der Waals surface area contributed by atoms with Gasteiger partial charge in [-0.1, -0.05) is 59.9 Å². The van der Waals surface area contributed by atoms with Crippen molar-refractivity contribution >= 4 is 46.6 Å². The van der Waals surface area contributed by atoms with Gasteiger partial charge in [0, 0.05) is 31.2 Å². The highest BCUT2D eigenvalue weighted by molar-refractivity contribution is 6.36. The molecule has 7 nitrogen and oxygen atoms in total. The summed E-state index contributed by atoms with van der Waals surface area (Å²) in [5.74, 6) is -0.0966. The van der Waals surface area contributed by atoms with Gasteiger partial charge in [-0.25, -0.2) is 4.79 Å². The van der Waals surface area contributed by atoms with Gasteiger partial charge in [-0.2, -0.15) is 4.98 Å². The van der Waals surface area contributed by atoms with Crippen molar-refractivity contribution < 1.29 is 14.6 Å². The summed E-state index contributed by atoms with van der Waals surface area (Å²) < 4.78 is 6.04. The highest BCUT2D eigenvalue weighted by atomic mass is 35.5. The first kappa shape index (κ1) is 25.5. The Morgan fingerprint density at radius 3 is 2.63 bits per heavy atom. The van der Waals surface area contributed by atoms with E-state index in [1.54, 1.807) is 11.0 Å². The van der Waals surface area contributed by atoms with Gasteiger partial charge in [0.05, 0.1) is 5.02 Å². The molecule has 0 saturated carbocycles. The Hall–Kier alpha value is -2.55. The molecule has 1 fully saturated rings. The lowest BCUT2D eigenvalue weighted by molar-refractivity contribution is -0.139.